The first kappa shape index (κ1) is 12.2. The largest absolute Gasteiger partial charge is 0.491 e. The zero-order valence-electron chi connectivity index (χ0n) is 8.83. The predicted octanol–water partition coefficient (Wildman–Crippen LogP) is 2.10. The van der Waals surface area contributed by atoms with E-state index in [1.807, 2.05) is 6.07 Å². The van der Waals surface area contributed by atoms with Crippen molar-refractivity contribution in [1.82, 2.24) is 4.98 Å². The van der Waals surface area contributed by atoms with E-state index in [2.05, 4.69) is 4.98 Å². The van der Waals surface area contributed by atoms with Gasteiger partial charge in [0.2, 0.25) is 0 Å². The van der Waals surface area contributed by atoms with E-state index < -0.39 is 6.43 Å². The normalized spacial score (nSPS) is 10.0. The van der Waals surface area contributed by atoms with Crippen molar-refractivity contribution in [2.45, 2.75) is 12.8 Å². The SMILES string of the molecule is COc1nc(CC#N)cc(C(F)F)c1OC. The number of hydrogen-bond acceptors (Lipinski definition) is 4. The molecule has 0 saturated heterocycles. The van der Waals surface area contributed by atoms with Gasteiger partial charge in [-0.05, 0) is 6.07 Å². The summed E-state index contributed by atoms with van der Waals surface area (Å²) < 4.78 is 35.1. The minimum absolute atomic E-state index is 0.0365. The lowest BCUT2D eigenvalue weighted by Gasteiger charge is -2.12. The molecule has 0 aliphatic heterocycles. The maximum Gasteiger partial charge on any atom is 0.267 e. The highest BCUT2D eigenvalue weighted by molar-refractivity contribution is 5.44. The summed E-state index contributed by atoms with van der Waals surface area (Å²) in [6.07, 6.45) is -2.76. The molecule has 0 fully saturated rings. The summed E-state index contributed by atoms with van der Waals surface area (Å²) in [6.45, 7) is 0. The molecule has 0 aliphatic rings. The molecule has 0 amide bonds. The van der Waals surface area contributed by atoms with E-state index >= 15 is 0 Å². The monoisotopic (exact) mass is 228 g/mol. The molecular weight excluding hydrogens is 218 g/mol. The topological polar surface area (TPSA) is 55.1 Å². The maximum atomic E-state index is 12.7. The van der Waals surface area contributed by atoms with Crippen molar-refractivity contribution in [1.29, 1.82) is 5.26 Å². The average molecular weight is 228 g/mol. The van der Waals surface area contributed by atoms with Crippen molar-refractivity contribution >= 4 is 0 Å². The molecule has 0 aliphatic carbocycles. The summed E-state index contributed by atoms with van der Waals surface area (Å²) in [6, 6.07) is 2.98. The van der Waals surface area contributed by atoms with Gasteiger partial charge in [-0.15, -0.1) is 0 Å². The van der Waals surface area contributed by atoms with Gasteiger partial charge in [-0.25, -0.2) is 13.8 Å². The molecular formula is C10H10F2N2O2. The van der Waals surface area contributed by atoms with Crippen molar-refractivity contribution in [2.24, 2.45) is 0 Å². The van der Waals surface area contributed by atoms with Crippen LogP contribution in [0.2, 0.25) is 0 Å². The van der Waals surface area contributed by atoms with Gasteiger partial charge in [0.1, 0.15) is 0 Å². The number of alkyl halides is 2. The van der Waals surface area contributed by atoms with Crippen LogP contribution in [-0.2, 0) is 6.42 Å². The first-order valence-electron chi connectivity index (χ1n) is 4.41. The maximum absolute atomic E-state index is 12.7. The van der Waals surface area contributed by atoms with Crippen molar-refractivity contribution in [3.05, 3.63) is 17.3 Å². The quantitative estimate of drug-likeness (QED) is 0.791. The molecule has 4 nitrogen and oxygen atoms in total. The standard InChI is InChI=1S/C10H10F2N2O2/c1-15-8-7(9(11)12)5-6(3-4-13)14-10(8)16-2/h5,9H,3H2,1-2H3. The van der Waals surface area contributed by atoms with E-state index in [9.17, 15) is 8.78 Å². The Bertz CT molecular complexity index is 416. The van der Waals surface area contributed by atoms with Gasteiger partial charge in [0.05, 0.1) is 38.0 Å². The Morgan fingerprint density at radius 1 is 1.44 bits per heavy atom. The minimum Gasteiger partial charge on any atom is -0.491 e. The Labute approximate surface area is 91.4 Å². The molecule has 0 saturated carbocycles. The van der Waals surface area contributed by atoms with Crippen molar-refractivity contribution in [3.63, 3.8) is 0 Å². The minimum atomic E-state index is -2.70. The van der Waals surface area contributed by atoms with Gasteiger partial charge in [0, 0.05) is 0 Å². The van der Waals surface area contributed by atoms with Crippen LogP contribution in [0, 0.1) is 11.3 Å². The molecule has 6 heteroatoms. The van der Waals surface area contributed by atoms with E-state index in [4.69, 9.17) is 14.7 Å². The lowest BCUT2D eigenvalue weighted by atomic mass is 10.2. The molecule has 0 bridgehead atoms. The number of aromatic nitrogens is 1. The lowest BCUT2D eigenvalue weighted by molar-refractivity contribution is 0.145. The molecule has 86 valence electrons. The summed E-state index contributed by atoms with van der Waals surface area (Å²) in [4.78, 5) is 3.89. The van der Waals surface area contributed by atoms with E-state index in [0.717, 1.165) is 6.07 Å². The van der Waals surface area contributed by atoms with E-state index in [0.29, 0.717) is 0 Å². The van der Waals surface area contributed by atoms with Crippen LogP contribution in [0.3, 0.4) is 0 Å². The third-order valence-electron chi connectivity index (χ3n) is 1.92. The Kier molecular flexibility index (Phi) is 4.00. The Morgan fingerprint density at radius 2 is 2.12 bits per heavy atom. The summed E-state index contributed by atoms with van der Waals surface area (Å²) >= 11 is 0. The number of nitriles is 1. The van der Waals surface area contributed by atoms with Crippen LogP contribution in [0.15, 0.2) is 6.07 Å². The van der Waals surface area contributed by atoms with Crippen molar-refractivity contribution in [2.75, 3.05) is 14.2 Å². The van der Waals surface area contributed by atoms with Crippen LogP contribution in [-0.4, -0.2) is 19.2 Å². The van der Waals surface area contributed by atoms with Gasteiger partial charge >= 0.3 is 0 Å². The zero-order chi connectivity index (χ0) is 12.1. The van der Waals surface area contributed by atoms with Crippen LogP contribution in [0.1, 0.15) is 17.7 Å². The van der Waals surface area contributed by atoms with Gasteiger partial charge in [-0.3, -0.25) is 0 Å². The third kappa shape index (κ3) is 2.37. The fraction of sp³-hybridized carbons (Fsp3) is 0.400. The molecule has 1 rings (SSSR count). The summed E-state index contributed by atoms with van der Waals surface area (Å²) in [5, 5.41) is 8.49. The molecule has 0 atom stereocenters. The Hall–Kier alpha value is -1.90. The Morgan fingerprint density at radius 3 is 2.56 bits per heavy atom. The van der Waals surface area contributed by atoms with Gasteiger partial charge in [0.25, 0.3) is 12.3 Å². The van der Waals surface area contributed by atoms with Crippen LogP contribution >= 0.6 is 0 Å². The Balaban J connectivity index is 3.32. The number of methoxy groups -OCH3 is 2. The fourth-order valence-electron chi connectivity index (χ4n) is 1.26. The van der Waals surface area contributed by atoms with E-state index in [1.54, 1.807) is 0 Å². The first-order chi connectivity index (χ1) is 7.63. The van der Waals surface area contributed by atoms with Gasteiger partial charge in [0.15, 0.2) is 5.75 Å². The number of ether oxygens (including phenoxy) is 2. The van der Waals surface area contributed by atoms with Crippen LogP contribution < -0.4 is 9.47 Å². The number of halogens is 2. The summed E-state index contributed by atoms with van der Waals surface area (Å²) in [5.41, 5.74) is -0.0879. The summed E-state index contributed by atoms with van der Waals surface area (Å²) in [7, 11) is 2.56. The van der Waals surface area contributed by atoms with Crippen molar-refractivity contribution < 1.29 is 18.3 Å². The van der Waals surface area contributed by atoms with E-state index in [-0.39, 0.29) is 29.3 Å². The first-order valence-corrected chi connectivity index (χ1v) is 4.41. The number of nitrogens with zero attached hydrogens (tertiary/aromatic N) is 2. The van der Waals surface area contributed by atoms with E-state index in [1.165, 1.54) is 14.2 Å². The smallest absolute Gasteiger partial charge is 0.267 e. The highest BCUT2D eigenvalue weighted by Crippen LogP contribution is 2.36. The number of hydrogen-bond donors (Lipinski definition) is 0. The molecule has 1 heterocycles. The van der Waals surface area contributed by atoms with Gasteiger partial charge in [-0.2, -0.15) is 5.26 Å². The van der Waals surface area contributed by atoms with Crippen LogP contribution in [0.5, 0.6) is 11.6 Å². The molecule has 0 spiro atoms. The third-order valence-corrected chi connectivity index (χ3v) is 1.92. The number of rotatable bonds is 4. The second kappa shape index (κ2) is 5.26. The highest BCUT2D eigenvalue weighted by atomic mass is 19.3. The molecule has 0 N–H and O–H groups in total. The molecule has 1 aromatic rings. The molecule has 0 aromatic carbocycles. The highest BCUT2D eigenvalue weighted by Gasteiger charge is 2.20. The second-order valence-corrected chi connectivity index (χ2v) is 2.88. The van der Waals surface area contributed by atoms with Crippen molar-refractivity contribution in [3.8, 4) is 17.7 Å². The van der Waals surface area contributed by atoms with Crippen LogP contribution in [0.4, 0.5) is 8.78 Å². The number of pyridine rings is 1. The molecule has 16 heavy (non-hydrogen) atoms. The van der Waals surface area contributed by atoms with Crippen LogP contribution in [0.25, 0.3) is 0 Å². The fourth-order valence-corrected chi connectivity index (χ4v) is 1.26. The van der Waals surface area contributed by atoms with Gasteiger partial charge < -0.3 is 9.47 Å². The average Bonchev–Trinajstić information content (AvgIpc) is 2.28. The zero-order valence-corrected chi connectivity index (χ0v) is 8.83. The predicted molar refractivity (Wildman–Crippen MR) is 51.6 cm³/mol. The lowest BCUT2D eigenvalue weighted by Crippen LogP contribution is -2.02. The molecule has 1 aromatic heterocycles. The summed E-state index contributed by atoms with van der Waals surface area (Å²) in [5.74, 6) is -0.135. The molecule has 0 radical (unpaired) electrons. The second-order valence-electron chi connectivity index (χ2n) is 2.88. The van der Waals surface area contributed by atoms with Gasteiger partial charge in [-0.1, -0.05) is 0 Å². The molecule has 0 unspecified atom stereocenters.